The average Bonchev–Trinajstić information content (AvgIpc) is 3.90. The Morgan fingerprint density at radius 1 is 0.418 bits per heavy atom. The van der Waals surface area contributed by atoms with Gasteiger partial charge in [-0.3, -0.25) is 9.55 Å². The molecular formula is C49H29N5S. The second kappa shape index (κ2) is 11.7. The van der Waals surface area contributed by atoms with Crippen LogP contribution in [0.2, 0.25) is 0 Å². The summed E-state index contributed by atoms with van der Waals surface area (Å²) < 4.78 is 5.89. The van der Waals surface area contributed by atoms with Gasteiger partial charge in [0, 0.05) is 55.3 Å². The molecule has 0 atom stereocenters. The summed E-state index contributed by atoms with van der Waals surface area (Å²) in [5.74, 6) is 1.58. The maximum atomic E-state index is 5.60. The summed E-state index contributed by atoms with van der Waals surface area (Å²) in [5.41, 5.74) is 8.91. The van der Waals surface area contributed by atoms with Crippen LogP contribution in [0.1, 0.15) is 0 Å². The van der Waals surface area contributed by atoms with E-state index >= 15 is 0 Å². The first-order valence-corrected chi connectivity index (χ1v) is 19.2. The van der Waals surface area contributed by atoms with Crippen molar-refractivity contribution >= 4 is 86.0 Å². The maximum absolute atomic E-state index is 5.60. The van der Waals surface area contributed by atoms with Crippen molar-refractivity contribution in [3.63, 3.8) is 0 Å². The Hall–Kier alpha value is -7.15. The quantitative estimate of drug-likeness (QED) is 0.182. The summed E-state index contributed by atoms with van der Waals surface area (Å²) >= 11 is 1.73. The molecule has 0 bridgehead atoms. The molecule has 0 unspecified atom stereocenters. The van der Waals surface area contributed by atoms with E-state index < -0.39 is 0 Å². The van der Waals surface area contributed by atoms with Crippen LogP contribution in [0, 0.1) is 0 Å². The van der Waals surface area contributed by atoms with Gasteiger partial charge in [0.2, 0.25) is 0 Å². The van der Waals surface area contributed by atoms with Crippen molar-refractivity contribution in [3.8, 4) is 34.0 Å². The van der Waals surface area contributed by atoms with Gasteiger partial charge in [0.1, 0.15) is 4.83 Å². The first-order chi connectivity index (χ1) is 27.3. The van der Waals surface area contributed by atoms with Gasteiger partial charge >= 0.3 is 0 Å². The third-order valence-corrected chi connectivity index (χ3v) is 12.1. The normalized spacial score (nSPS) is 12.0. The first kappa shape index (κ1) is 30.3. The van der Waals surface area contributed by atoms with Gasteiger partial charge in [-0.2, -0.15) is 0 Å². The number of benzene rings is 7. The molecule has 0 saturated carbocycles. The summed E-state index contributed by atoms with van der Waals surface area (Å²) in [6.07, 6.45) is 3.70. The van der Waals surface area contributed by atoms with Crippen LogP contribution in [-0.4, -0.2) is 24.1 Å². The minimum absolute atomic E-state index is 0.696. The third-order valence-electron chi connectivity index (χ3n) is 11.0. The van der Waals surface area contributed by atoms with E-state index in [-0.39, 0.29) is 0 Å². The lowest BCUT2D eigenvalue weighted by Gasteiger charge is -2.12. The van der Waals surface area contributed by atoms with E-state index in [4.69, 9.17) is 9.97 Å². The van der Waals surface area contributed by atoms with E-state index in [1.54, 1.807) is 11.3 Å². The molecule has 0 aliphatic carbocycles. The Balaban J connectivity index is 1.18. The molecule has 0 aliphatic heterocycles. The highest BCUT2D eigenvalue weighted by atomic mass is 32.1. The standard InChI is InChI=1S/C49H29N5S/c1-2-12-35(13-3-1)53-41-16-8-6-14-36(41)38-20-19-34(28-43(38)53)47-51-48(46-39-21-18-33(30-22-24-50-25-23-30)29-45(39)55-49(46)52-47)54-42-17-9-7-15-37(42)40-26-31-10-4-5-11-32(31)27-44(40)54/h1-29H. The zero-order valence-corrected chi connectivity index (χ0v) is 30.2. The molecule has 7 aromatic carbocycles. The van der Waals surface area contributed by atoms with Crippen molar-refractivity contribution in [2.24, 2.45) is 0 Å². The number of aromatic nitrogens is 5. The fourth-order valence-corrected chi connectivity index (χ4v) is 9.63. The zero-order valence-electron chi connectivity index (χ0n) is 29.4. The fraction of sp³-hybridized carbons (Fsp3) is 0. The van der Waals surface area contributed by atoms with Crippen LogP contribution >= 0.6 is 11.3 Å². The summed E-state index contributed by atoms with van der Waals surface area (Å²) in [6, 6.07) is 58.7. The van der Waals surface area contributed by atoms with E-state index in [9.17, 15) is 0 Å². The Morgan fingerprint density at radius 3 is 1.87 bits per heavy atom. The molecule has 0 radical (unpaired) electrons. The van der Waals surface area contributed by atoms with Crippen molar-refractivity contribution in [2.45, 2.75) is 0 Å². The number of nitrogens with zero attached hydrogens (tertiary/aromatic N) is 5. The molecule has 5 nitrogen and oxygen atoms in total. The molecule has 55 heavy (non-hydrogen) atoms. The summed E-state index contributed by atoms with van der Waals surface area (Å²) in [4.78, 5) is 16.2. The van der Waals surface area contributed by atoms with Crippen LogP contribution in [0.3, 0.4) is 0 Å². The number of rotatable bonds is 4. The van der Waals surface area contributed by atoms with Gasteiger partial charge in [-0.15, -0.1) is 11.3 Å². The molecule has 12 aromatic rings. The Kier molecular flexibility index (Phi) is 6.44. The van der Waals surface area contributed by atoms with E-state index in [2.05, 4.69) is 178 Å². The van der Waals surface area contributed by atoms with Crippen LogP contribution in [0.5, 0.6) is 0 Å². The van der Waals surface area contributed by atoms with Crippen LogP contribution in [0.25, 0.3) is 109 Å². The molecular weight excluding hydrogens is 691 g/mol. The molecule has 0 N–H and O–H groups in total. The van der Waals surface area contributed by atoms with Crippen LogP contribution in [-0.2, 0) is 0 Å². The van der Waals surface area contributed by atoms with Gasteiger partial charge in [0.15, 0.2) is 11.6 Å². The SMILES string of the molecule is c1ccc(-n2c3ccccc3c3ccc(-c4nc(-n5c6ccccc6c6cc7ccccc7cc65)c5c(n4)sc4cc(-c6ccncc6)ccc45)cc32)cc1. The molecule has 256 valence electrons. The molecule has 6 heteroatoms. The van der Waals surface area contributed by atoms with Crippen molar-refractivity contribution in [1.29, 1.82) is 0 Å². The molecule has 0 amide bonds. The third kappa shape index (κ3) is 4.55. The van der Waals surface area contributed by atoms with Gasteiger partial charge in [-0.05, 0) is 82.6 Å². The minimum atomic E-state index is 0.696. The molecule has 0 spiro atoms. The fourth-order valence-electron chi connectivity index (χ4n) is 8.52. The highest BCUT2D eigenvalue weighted by Gasteiger charge is 2.22. The lowest BCUT2D eigenvalue weighted by molar-refractivity contribution is 1.08. The Morgan fingerprint density at radius 2 is 1.05 bits per heavy atom. The topological polar surface area (TPSA) is 48.5 Å². The predicted octanol–water partition coefficient (Wildman–Crippen LogP) is 12.9. The Bertz CT molecular complexity index is 3490. The van der Waals surface area contributed by atoms with Crippen molar-refractivity contribution in [2.75, 3.05) is 0 Å². The monoisotopic (exact) mass is 719 g/mol. The highest BCUT2D eigenvalue weighted by molar-refractivity contribution is 7.25. The summed E-state index contributed by atoms with van der Waals surface area (Å²) in [7, 11) is 0. The van der Waals surface area contributed by atoms with Gasteiger partial charge in [-0.25, -0.2) is 9.97 Å². The smallest absolute Gasteiger partial charge is 0.163 e. The maximum Gasteiger partial charge on any atom is 0.163 e. The van der Waals surface area contributed by atoms with Gasteiger partial charge < -0.3 is 4.57 Å². The van der Waals surface area contributed by atoms with E-state index in [0.717, 1.165) is 60.3 Å². The molecule has 0 aliphatic rings. The Labute approximate surface area is 319 Å². The van der Waals surface area contributed by atoms with Crippen molar-refractivity contribution in [3.05, 3.63) is 176 Å². The number of para-hydroxylation sites is 3. The van der Waals surface area contributed by atoms with Gasteiger partial charge in [0.25, 0.3) is 0 Å². The summed E-state index contributed by atoms with van der Waals surface area (Å²) in [6.45, 7) is 0. The zero-order chi connectivity index (χ0) is 36.0. The first-order valence-electron chi connectivity index (χ1n) is 18.4. The summed E-state index contributed by atoms with van der Waals surface area (Å²) in [5, 5.41) is 9.44. The molecule has 0 saturated heterocycles. The van der Waals surface area contributed by atoms with Gasteiger partial charge in [-0.1, -0.05) is 103 Å². The molecule has 0 fully saturated rings. The molecule has 5 heterocycles. The van der Waals surface area contributed by atoms with Crippen molar-refractivity contribution < 1.29 is 0 Å². The average molecular weight is 720 g/mol. The van der Waals surface area contributed by atoms with E-state index in [1.807, 2.05) is 12.4 Å². The van der Waals surface area contributed by atoms with Crippen LogP contribution < -0.4 is 0 Å². The van der Waals surface area contributed by atoms with Crippen LogP contribution in [0.15, 0.2) is 176 Å². The minimum Gasteiger partial charge on any atom is -0.309 e. The second-order valence-electron chi connectivity index (χ2n) is 14.1. The van der Waals surface area contributed by atoms with Crippen molar-refractivity contribution in [1.82, 2.24) is 24.1 Å². The highest BCUT2D eigenvalue weighted by Crippen LogP contribution is 2.43. The number of fused-ring (bicyclic) bond motifs is 10. The van der Waals surface area contributed by atoms with Gasteiger partial charge in [0.05, 0.1) is 27.5 Å². The number of hydrogen-bond acceptors (Lipinski definition) is 4. The predicted molar refractivity (Wildman–Crippen MR) is 230 cm³/mol. The molecule has 12 rings (SSSR count). The van der Waals surface area contributed by atoms with E-state index in [1.165, 1.54) is 42.5 Å². The number of thiophene rings is 1. The lowest BCUT2D eigenvalue weighted by atomic mass is 10.0. The largest absolute Gasteiger partial charge is 0.309 e. The second-order valence-corrected chi connectivity index (χ2v) is 15.1. The molecule has 5 aromatic heterocycles. The number of hydrogen-bond donors (Lipinski definition) is 0. The van der Waals surface area contributed by atoms with Crippen LogP contribution in [0.4, 0.5) is 0 Å². The lowest BCUT2D eigenvalue weighted by Crippen LogP contribution is -2.02. The number of pyridine rings is 1. The van der Waals surface area contributed by atoms with E-state index in [0.29, 0.717) is 5.82 Å².